The Morgan fingerprint density at radius 1 is 1.32 bits per heavy atom. The van der Waals surface area contributed by atoms with Gasteiger partial charge in [0.2, 0.25) is 0 Å². The topological polar surface area (TPSA) is 55.8 Å². The number of aliphatic hydroxyl groups excluding tert-OH is 1. The smallest absolute Gasteiger partial charge is 0.308 e. The third-order valence-corrected chi connectivity index (χ3v) is 4.35. The third kappa shape index (κ3) is 5.11. The summed E-state index contributed by atoms with van der Waals surface area (Å²) in [5, 5.41) is 9.82. The summed E-state index contributed by atoms with van der Waals surface area (Å²) in [6.07, 6.45) is 1.02. The molecule has 4 heteroatoms. The first-order valence-corrected chi connectivity index (χ1v) is 8.05. The van der Waals surface area contributed by atoms with Crippen molar-refractivity contribution in [3.63, 3.8) is 0 Å². The highest BCUT2D eigenvalue weighted by Gasteiger charge is 2.29. The molecule has 0 unspecified atom stereocenters. The van der Waals surface area contributed by atoms with E-state index in [0.29, 0.717) is 13.2 Å². The van der Waals surface area contributed by atoms with E-state index in [1.807, 2.05) is 44.2 Å². The van der Waals surface area contributed by atoms with E-state index >= 15 is 0 Å². The lowest BCUT2D eigenvalue weighted by molar-refractivity contribution is -0.159. The lowest BCUT2D eigenvalue weighted by Crippen LogP contribution is -2.34. The van der Waals surface area contributed by atoms with Crippen LogP contribution in [0.1, 0.15) is 38.7 Å². The van der Waals surface area contributed by atoms with Crippen molar-refractivity contribution in [1.82, 2.24) is 0 Å². The Hall–Kier alpha value is -1.39. The van der Waals surface area contributed by atoms with E-state index in [1.165, 1.54) is 0 Å². The van der Waals surface area contributed by atoms with Gasteiger partial charge in [-0.1, -0.05) is 44.2 Å². The molecule has 0 bridgehead atoms. The molecule has 1 N–H and O–H groups in total. The predicted octanol–water partition coefficient (Wildman–Crippen LogP) is 2.93. The molecule has 4 atom stereocenters. The Morgan fingerprint density at radius 3 is 2.77 bits per heavy atom. The van der Waals surface area contributed by atoms with Gasteiger partial charge in [-0.05, 0) is 24.3 Å². The SMILES string of the molecule is C[C@H](COCc1ccccc1)[C@@H]1CC[C@H](C)[C@H](O)CC(=O)O1. The van der Waals surface area contributed by atoms with Crippen LogP contribution < -0.4 is 0 Å². The molecule has 0 spiro atoms. The van der Waals surface area contributed by atoms with Crippen molar-refractivity contribution in [3.05, 3.63) is 35.9 Å². The highest BCUT2D eigenvalue weighted by molar-refractivity contribution is 5.70. The number of cyclic esters (lactones) is 1. The molecule has 122 valence electrons. The van der Waals surface area contributed by atoms with Crippen LogP contribution in [0.25, 0.3) is 0 Å². The number of hydrogen-bond donors (Lipinski definition) is 1. The molecular weight excluding hydrogens is 280 g/mol. The maximum absolute atomic E-state index is 11.8. The van der Waals surface area contributed by atoms with Crippen molar-refractivity contribution in [2.24, 2.45) is 11.8 Å². The molecule has 1 aliphatic heterocycles. The van der Waals surface area contributed by atoms with Crippen molar-refractivity contribution < 1.29 is 19.4 Å². The van der Waals surface area contributed by atoms with Crippen molar-refractivity contribution in [2.75, 3.05) is 6.61 Å². The zero-order chi connectivity index (χ0) is 15.9. The Balaban J connectivity index is 1.80. The van der Waals surface area contributed by atoms with Crippen molar-refractivity contribution >= 4 is 5.97 Å². The van der Waals surface area contributed by atoms with Gasteiger partial charge in [0.05, 0.1) is 25.7 Å². The average Bonchev–Trinajstić information content (AvgIpc) is 2.50. The normalized spacial score (nSPS) is 27.6. The molecule has 0 saturated carbocycles. The fourth-order valence-electron chi connectivity index (χ4n) is 2.71. The summed E-state index contributed by atoms with van der Waals surface area (Å²) in [7, 11) is 0. The molecule has 1 aromatic rings. The summed E-state index contributed by atoms with van der Waals surface area (Å²) >= 11 is 0. The van der Waals surface area contributed by atoms with Gasteiger partial charge in [-0.3, -0.25) is 4.79 Å². The minimum atomic E-state index is -0.585. The minimum Gasteiger partial charge on any atom is -0.462 e. The Bertz CT molecular complexity index is 459. The van der Waals surface area contributed by atoms with Crippen LogP contribution in [0.2, 0.25) is 0 Å². The molecular formula is C18H26O4. The molecule has 1 fully saturated rings. The van der Waals surface area contributed by atoms with Gasteiger partial charge >= 0.3 is 5.97 Å². The zero-order valence-corrected chi connectivity index (χ0v) is 13.4. The summed E-state index contributed by atoms with van der Waals surface area (Å²) < 4.78 is 11.2. The molecule has 1 aromatic carbocycles. The fraction of sp³-hybridized carbons (Fsp3) is 0.611. The maximum atomic E-state index is 11.8. The summed E-state index contributed by atoms with van der Waals surface area (Å²) in [6, 6.07) is 10.0. The van der Waals surface area contributed by atoms with Crippen molar-refractivity contribution in [2.45, 2.75) is 51.9 Å². The van der Waals surface area contributed by atoms with Gasteiger partial charge in [0.15, 0.2) is 0 Å². The van der Waals surface area contributed by atoms with E-state index in [2.05, 4.69) is 0 Å². The van der Waals surface area contributed by atoms with E-state index < -0.39 is 6.10 Å². The number of benzene rings is 1. The monoisotopic (exact) mass is 306 g/mol. The van der Waals surface area contributed by atoms with Crippen LogP contribution in [0.4, 0.5) is 0 Å². The van der Waals surface area contributed by atoms with Crippen molar-refractivity contribution in [3.8, 4) is 0 Å². The van der Waals surface area contributed by atoms with E-state index in [0.717, 1.165) is 18.4 Å². The standard InChI is InChI=1S/C18H26O4/c1-13-8-9-17(22-18(20)10-16(13)19)14(2)11-21-12-15-6-4-3-5-7-15/h3-7,13-14,16-17,19H,8-12H2,1-2H3/t13-,14+,16+,17-/m0/s1. The number of hydrogen-bond acceptors (Lipinski definition) is 4. The second-order valence-corrected chi connectivity index (χ2v) is 6.33. The third-order valence-electron chi connectivity index (χ3n) is 4.35. The van der Waals surface area contributed by atoms with Crippen LogP contribution >= 0.6 is 0 Å². The molecule has 2 rings (SSSR count). The molecule has 0 aliphatic carbocycles. The highest BCUT2D eigenvalue weighted by Crippen LogP contribution is 2.24. The first kappa shape index (κ1) is 17.0. The van der Waals surface area contributed by atoms with Crippen LogP contribution in [0.3, 0.4) is 0 Å². The molecule has 22 heavy (non-hydrogen) atoms. The molecule has 1 heterocycles. The number of esters is 1. The molecule has 4 nitrogen and oxygen atoms in total. The van der Waals surface area contributed by atoms with Gasteiger partial charge in [0.25, 0.3) is 0 Å². The molecule has 1 saturated heterocycles. The second kappa shape index (κ2) is 8.30. The summed E-state index contributed by atoms with van der Waals surface area (Å²) in [6.45, 7) is 5.16. The summed E-state index contributed by atoms with van der Waals surface area (Å²) in [5.74, 6) is -0.0261. The largest absolute Gasteiger partial charge is 0.462 e. The summed E-state index contributed by atoms with van der Waals surface area (Å²) in [5.41, 5.74) is 1.14. The fourth-order valence-corrected chi connectivity index (χ4v) is 2.71. The first-order valence-electron chi connectivity index (χ1n) is 8.05. The zero-order valence-electron chi connectivity index (χ0n) is 13.4. The van der Waals surface area contributed by atoms with E-state index in [4.69, 9.17) is 9.47 Å². The van der Waals surface area contributed by atoms with Gasteiger partial charge in [-0.2, -0.15) is 0 Å². The van der Waals surface area contributed by atoms with E-state index in [1.54, 1.807) is 0 Å². The quantitative estimate of drug-likeness (QED) is 0.850. The lowest BCUT2D eigenvalue weighted by atomic mass is 9.90. The Labute approximate surface area is 132 Å². The van der Waals surface area contributed by atoms with Gasteiger partial charge in [0, 0.05) is 5.92 Å². The van der Waals surface area contributed by atoms with Crippen LogP contribution in [0, 0.1) is 11.8 Å². The molecule has 0 aromatic heterocycles. The predicted molar refractivity (Wildman–Crippen MR) is 84.2 cm³/mol. The van der Waals surface area contributed by atoms with Crippen molar-refractivity contribution in [1.29, 1.82) is 0 Å². The lowest BCUT2D eigenvalue weighted by Gasteiger charge is -2.29. The highest BCUT2D eigenvalue weighted by atomic mass is 16.5. The second-order valence-electron chi connectivity index (χ2n) is 6.33. The minimum absolute atomic E-state index is 0.0925. The number of rotatable bonds is 5. The van der Waals surface area contributed by atoms with Crippen LogP contribution in [-0.4, -0.2) is 29.9 Å². The van der Waals surface area contributed by atoms with Crippen LogP contribution in [-0.2, 0) is 20.9 Å². The van der Waals surface area contributed by atoms with Gasteiger partial charge in [-0.25, -0.2) is 0 Å². The van der Waals surface area contributed by atoms with E-state index in [-0.39, 0.29) is 30.3 Å². The average molecular weight is 306 g/mol. The van der Waals surface area contributed by atoms with Gasteiger partial charge in [-0.15, -0.1) is 0 Å². The van der Waals surface area contributed by atoms with Gasteiger partial charge < -0.3 is 14.6 Å². The van der Waals surface area contributed by atoms with Crippen LogP contribution in [0.15, 0.2) is 30.3 Å². The first-order chi connectivity index (χ1) is 10.6. The molecule has 1 aliphatic rings. The number of ether oxygens (including phenoxy) is 2. The van der Waals surface area contributed by atoms with E-state index in [9.17, 15) is 9.90 Å². The number of aliphatic hydroxyl groups is 1. The maximum Gasteiger partial charge on any atom is 0.308 e. The molecule has 0 radical (unpaired) electrons. The van der Waals surface area contributed by atoms with Gasteiger partial charge in [0.1, 0.15) is 6.10 Å². The summed E-state index contributed by atoms with van der Waals surface area (Å²) in [4.78, 5) is 11.8. The Morgan fingerprint density at radius 2 is 2.05 bits per heavy atom. The number of carbonyl (C=O) groups excluding carboxylic acids is 1. The number of carbonyl (C=O) groups is 1. The molecule has 0 amide bonds. The Kier molecular flexibility index (Phi) is 6.40. The van der Waals surface area contributed by atoms with Crippen LogP contribution in [0.5, 0.6) is 0 Å².